The van der Waals surface area contributed by atoms with Crippen molar-refractivity contribution in [2.75, 3.05) is 19.3 Å². The maximum absolute atomic E-state index is 11.3. The topological polar surface area (TPSA) is 64.0 Å². The Kier molecular flexibility index (Phi) is 3.83. The van der Waals surface area contributed by atoms with Crippen molar-refractivity contribution < 1.29 is 8.42 Å². The molecule has 0 saturated carbocycles. The Hall–Kier alpha value is -0.880. The van der Waals surface area contributed by atoms with E-state index in [2.05, 4.69) is 10.4 Å². The molecular weight excluding hydrogens is 238 g/mol. The van der Waals surface area contributed by atoms with Crippen molar-refractivity contribution in [1.29, 1.82) is 0 Å². The van der Waals surface area contributed by atoms with Crippen LogP contribution in [-0.2, 0) is 16.4 Å². The average molecular weight is 257 g/mol. The molecule has 5 nitrogen and oxygen atoms in total. The summed E-state index contributed by atoms with van der Waals surface area (Å²) in [4.78, 5) is 0.308. The summed E-state index contributed by atoms with van der Waals surface area (Å²) < 4.78 is 24.3. The summed E-state index contributed by atoms with van der Waals surface area (Å²) in [5.74, 6) is 0.738. The smallest absolute Gasteiger partial charge is 0.178 e. The van der Waals surface area contributed by atoms with Gasteiger partial charge in [-0.15, -0.1) is 0 Å². The predicted molar refractivity (Wildman–Crippen MR) is 65.5 cm³/mol. The lowest BCUT2D eigenvalue weighted by molar-refractivity contribution is 0.332. The number of hydrogen-bond donors (Lipinski definition) is 1. The van der Waals surface area contributed by atoms with Crippen LogP contribution in [0.5, 0.6) is 0 Å². The van der Waals surface area contributed by atoms with E-state index in [4.69, 9.17) is 0 Å². The Morgan fingerprint density at radius 2 is 2.18 bits per heavy atom. The second-order valence-electron chi connectivity index (χ2n) is 4.69. The summed E-state index contributed by atoms with van der Waals surface area (Å²) in [5, 5.41) is 7.42. The molecule has 0 atom stereocenters. The number of nitrogens with one attached hydrogen (secondary N) is 1. The fraction of sp³-hybridized carbons (Fsp3) is 0.727. The molecule has 2 heterocycles. The first kappa shape index (κ1) is 12.6. The van der Waals surface area contributed by atoms with Crippen molar-refractivity contribution in [1.82, 2.24) is 15.1 Å². The molecule has 6 heteroatoms. The predicted octanol–water partition coefficient (Wildman–Crippen LogP) is 0.676. The molecule has 0 amide bonds. The van der Waals surface area contributed by atoms with Gasteiger partial charge in [-0.05, 0) is 38.3 Å². The summed E-state index contributed by atoms with van der Waals surface area (Å²) in [6.45, 7) is 3.00. The molecule has 1 fully saturated rings. The molecule has 0 spiro atoms. The maximum Gasteiger partial charge on any atom is 0.178 e. The van der Waals surface area contributed by atoms with Gasteiger partial charge in [0.05, 0.1) is 6.20 Å². The quantitative estimate of drug-likeness (QED) is 0.861. The summed E-state index contributed by atoms with van der Waals surface area (Å²) in [7, 11) is -3.12. The van der Waals surface area contributed by atoms with Gasteiger partial charge in [-0.1, -0.05) is 0 Å². The second-order valence-corrected chi connectivity index (χ2v) is 6.71. The number of hydrogen-bond acceptors (Lipinski definition) is 4. The van der Waals surface area contributed by atoms with E-state index in [0.717, 1.165) is 32.0 Å². The highest BCUT2D eigenvalue weighted by atomic mass is 32.2. The SMILES string of the molecule is CS(=O)(=O)c1cnn(CCC2CCNCC2)c1. The minimum Gasteiger partial charge on any atom is -0.317 e. The molecule has 1 saturated heterocycles. The maximum atomic E-state index is 11.3. The van der Waals surface area contributed by atoms with Crippen molar-refractivity contribution in [2.24, 2.45) is 5.92 Å². The van der Waals surface area contributed by atoms with Crippen LogP contribution in [0.2, 0.25) is 0 Å². The monoisotopic (exact) mass is 257 g/mol. The van der Waals surface area contributed by atoms with E-state index in [0.29, 0.717) is 4.90 Å². The van der Waals surface area contributed by atoms with Crippen molar-refractivity contribution >= 4 is 9.84 Å². The highest BCUT2D eigenvalue weighted by Gasteiger charge is 2.14. The van der Waals surface area contributed by atoms with E-state index >= 15 is 0 Å². The minimum atomic E-state index is -3.12. The lowest BCUT2D eigenvalue weighted by atomic mass is 9.95. The Morgan fingerprint density at radius 3 is 2.76 bits per heavy atom. The van der Waals surface area contributed by atoms with Gasteiger partial charge in [-0.2, -0.15) is 5.10 Å². The van der Waals surface area contributed by atoms with Crippen LogP contribution in [0.1, 0.15) is 19.3 Å². The largest absolute Gasteiger partial charge is 0.317 e. The zero-order valence-corrected chi connectivity index (χ0v) is 10.9. The molecule has 0 unspecified atom stereocenters. The Labute approximate surface area is 102 Å². The first-order chi connectivity index (χ1) is 8.05. The number of rotatable bonds is 4. The van der Waals surface area contributed by atoms with E-state index < -0.39 is 9.84 Å². The third kappa shape index (κ3) is 3.54. The first-order valence-corrected chi connectivity index (χ1v) is 7.88. The standard InChI is InChI=1S/C11H19N3O2S/c1-17(15,16)11-8-13-14(9-11)7-4-10-2-5-12-6-3-10/h8-10,12H,2-7H2,1H3. The molecule has 1 aliphatic heterocycles. The lowest BCUT2D eigenvalue weighted by Gasteiger charge is -2.22. The third-order valence-corrected chi connectivity index (χ3v) is 4.33. The Morgan fingerprint density at radius 1 is 1.47 bits per heavy atom. The lowest BCUT2D eigenvalue weighted by Crippen LogP contribution is -2.28. The fourth-order valence-electron chi connectivity index (χ4n) is 2.14. The number of piperidine rings is 1. The number of sulfone groups is 1. The molecule has 1 aliphatic rings. The highest BCUT2D eigenvalue weighted by Crippen LogP contribution is 2.17. The minimum absolute atomic E-state index is 0.308. The molecule has 1 N–H and O–H groups in total. The van der Waals surface area contributed by atoms with Gasteiger partial charge in [0.15, 0.2) is 9.84 Å². The fourth-order valence-corrected chi connectivity index (χ4v) is 2.70. The van der Waals surface area contributed by atoms with Crippen LogP contribution in [0.15, 0.2) is 17.3 Å². The van der Waals surface area contributed by atoms with Gasteiger partial charge in [0.2, 0.25) is 0 Å². The highest BCUT2D eigenvalue weighted by molar-refractivity contribution is 7.90. The van der Waals surface area contributed by atoms with Crippen molar-refractivity contribution in [3.8, 4) is 0 Å². The van der Waals surface area contributed by atoms with Gasteiger partial charge < -0.3 is 5.32 Å². The van der Waals surface area contributed by atoms with Crippen LogP contribution in [0, 0.1) is 5.92 Å². The number of aryl methyl sites for hydroxylation is 1. The molecule has 0 aromatic carbocycles. The molecule has 1 aromatic heterocycles. The van der Waals surface area contributed by atoms with Gasteiger partial charge >= 0.3 is 0 Å². The third-order valence-electron chi connectivity index (χ3n) is 3.26. The molecule has 1 aromatic rings. The molecular formula is C11H19N3O2S. The molecule has 96 valence electrons. The van der Waals surface area contributed by atoms with E-state index in [1.807, 2.05) is 0 Å². The molecule has 2 rings (SSSR count). The van der Waals surface area contributed by atoms with Crippen LogP contribution >= 0.6 is 0 Å². The van der Waals surface area contributed by atoms with Crippen molar-refractivity contribution in [3.05, 3.63) is 12.4 Å². The van der Waals surface area contributed by atoms with Gasteiger partial charge in [0.1, 0.15) is 4.90 Å². The number of nitrogens with zero attached hydrogens (tertiary/aromatic N) is 2. The van der Waals surface area contributed by atoms with Crippen LogP contribution in [0.3, 0.4) is 0 Å². The van der Waals surface area contributed by atoms with Crippen LogP contribution < -0.4 is 5.32 Å². The van der Waals surface area contributed by atoms with Gasteiger partial charge in [0.25, 0.3) is 0 Å². The summed E-state index contributed by atoms with van der Waals surface area (Å²) in [5.41, 5.74) is 0. The Balaban J connectivity index is 1.89. The van der Waals surface area contributed by atoms with E-state index in [1.54, 1.807) is 10.9 Å². The average Bonchev–Trinajstić information content (AvgIpc) is 2.76. The van der Waals surface area contributed by atoms with Crippen molar-refractivity contribution in [2.45, 2.75) is 30.7 Å². The zero-order chi connectivity index (χ0) is 12.3. The zero-order valence-electron chi connectivity index (χ0n) is 10.1. The van der Waals surface area contributed by atoms with E-state index in [9.17, 15) is 8.42 Å². The molecule has 17 heavy (non-hydrogen) atoms. The first-order valence-electron chi connectivity index (χ1n) is 5.99. The van der Waals surface area contributed by atoms with Gasteiger partial charge in [0, 0.05) is 19.0 Å². The van der Waals surface area contributed by atoms with Crippen LogP contribution in [-0.4, -0.2) is 37.5 Å². The molecule has 0 aliphatic carbocycles. The summed E-state index contributed by atoms with van der Waals surface area (Å²) in [6, 6.07) is 0. The number of aromatic nitrogens is 2. The van der Waals surface area contributed by atoms with Crippen molar-refractivity contribution in [3.63, 3.8) is 0 Å². The van der Waals surface area contributed by atoms with Gasteiger partial charge in [-0.3, -0.25) is 4.68 Å². The molecule has 0 radical (unpaired) electrons. The normalized spacial score (nSPS) is 18.4. The second kappa shape index (κ2) is 5.18. The Bertz CT molecular complexity index is 461. The molecule has 0 bridgehead atoms. The van der Waals surface area contributed by atoms with Crippen LogP contribution in [0.25, 0.3) is 0 Å². The summed E-state index contributed by atoms with van der Waals surface area (Å²) >= 11 is 0. The van der Waals surface area contributed by atoms with E-state index in [1.165, 1.54) is 25.3 Å². The summed E-state index contributed by atoms with van der Waals surface area (Å²) in [6.07, 6.45) is 7.75. The van der Waals surface area contributed by atoms with Crippen LogP contribution in [0.4, 0.5) is 0 Å². The van der Waals surface area contributed by atoms with E-state index in [-0.39, 0.29) is 0 Å². The van der Waals surface area contributed by atoms with Gasteiger partial charge in [-0.25, -0.2) is 8.42 Å².